The van der Waals surface area contributed by atoms with Crippen LogP contribution in [0.15, 0.2) is 6.20 Å². The second-order valence-corrected chi connectivity index (χ2v) is 6.19. The molecule has 0 spiro atoms. The molecule has 0 amide bonds. The van der Waals surface area contributed by atoms with Crippen LogP contribution in [0.4, 0.5) is 0 Å². The van der Waals surface area contributed by atoms with Gasteiger partial charge in [0.1, 0.15) is 11.5 Å². The summed E-state index contributed by atoms with van der Waals surface area (Å²) >= 11 is 0. The number of aryl methyl sites for hydroxylation is 1. The van der Waals surface area contributed by atoms with Gasteiger partial charge in [0.2, 0.25) is 0 Å². The number of ketones is 1. The highest BCUT2D eigenvalue weighted by Gasteiger charge is 2.38. The fourth-order valence-electron chi connectivity index (χ4n) is 3.41. The van der Waals surface area contributed by atoms with E-state index < -0.39 is 0 Å². The summed E-state index contributed by atoms with van der Waals surface area (Å²) in [7, 11) is 1.66. The Bertz CT molecular complexity index is 520. The molecule has 1 saturated carbocycles. The second kappa shape index (κ2) is 6.56. The molecule has 1 aromatic heterocycles. The van der Waals surface area contributed by atoms with E-state index in [0.29, 0.717) is 13.0 Å². The van der Waals surface area contributed by atoms with Crippen molar-refractivity contribution in [2.24, 2.45) is 11.1 Å². The van der Waals surface area contributed by atoms with Crippen molar-refractivity contribution >= 4 is 5.78 Å². The van der Waals surface area contributed by atoms with Gasteiger partial charge in [-0.25, -0.2) is 0 Å². The van der Waals surface area contributed by atoms with E-state index in [0.717, 1.165) is 48.3 Å². The Balaban J connectivity index is 2.23. The third kappa shape index (κ3) is 3.10. The van der Waals surface area contributed by atoms with Crippen molar-refractivity contribution < 1.29 is 9.53 Å². The van der Waals surface area contributed by atoms with Gasteiger partial charge in [0.05, 0.1) is 12.8 Å². The zero-order chi connectivity index (χ0) is 15.5. The Morgan fingerprint density at radius 2 is 2.00 bits per heavy atom. The first-order chi connectivity index (χ1) is 10.0. The van der Waals surface area contributed by atoms with E-state index in [9.17, 15) is 4.79 Å². The monoisotopic (exact) mass is 290 g/mol. The predicted octanol–water partition coefficient (Wildman–Crippen LogP) is 2.73. The van der Waals surface area contributed by atoms with Crippen molar-refractivity contribution in [2.45, 2.75) is 52.4 Å². The molecule has 0 saturated heterocycles. The highest BCUT2D eigenvalue weighted by molar-refractivity contribution is 5.87. The number of Topliss-reactive ketones (excluding diaryl/α,β-unsaturated/α-hetero) is 1. The number of nitrogens with zero attached hydrogens (tertiary/aromatic N) is 1. The molecule has 1 aliphatic rings. The summed E-state index contributed by atoms with van der Waals surface area (Å²) < 4.78 is 5.42. The molecule has 0 bridgehead atoms. The minimum Gasteiger partial charge on any atom is -0.496 e. The number of nitrogens with two attached hydrogens (primary N) is 1. The van der Waals surface area contributed by atoms with Crippen molar-refractivity contribution in [3.05, 3.63) is 23.0 Å². The second-order valence-electron chi connectivity index (χ2n) is 6.19. The van der Waals surface area contributed by atoms with E-state index in [1.807, 2.05) is 13.8 Å². The van der Waals surface area contributed by atoms with Crippen LogP contribution >= 0.6 is 0 Å². The fourth-order valence-corrected chi connectivity index (χ4v) is 3.41. The largest absolute Gasteiger partial charge is 0.496 e. The number of hydrogen-bond donors (Lipinski definition) is 1. The number of methoxy groups -OCH3 is 1. The maximum Gasteiger partial charge on any atom is 0.146 e. The van der Waals surface area contributed by atoms with Crippen molar-refractivity contribution in [3.63, 3.8) is 0 Å². The summed E-state index contributed by atoms with van der Waals surface area (Å²) in [5, 5.41) is 0. The SMILES string of the molecule is COc1c(C)cnc(CC(=O)C2(CN)CCCCC2)c1C. The van der Waals surface area contributed by atoms with Crippen LogP contribution in [0.1, 0.15) is 48.9 Å². The zero-order valence-corrected chi connectivity index (χ0v) is 13.4. The van der Waals surface area contributed by atoms with Gasteiger partial charge < -0.3 is 10.5 Å². The lowest BCUT2D eigenvalue weighted by Crippen LogP contribution is -2.41. The highest BCUT2D eigenvalue weighted by Crippen LogP contribution is 2.37. The number of carbonyl (C=O) groups excluding carboxylic acids is 1. The lowest BCUT2D eigenvalue weighted by Gasteiger charge is -2.34. The lowest BCUT2D eigenvalue weighted by molar-refractivity contribution is -0.129. The van der Waals surface area contributed by atoms with Crippen LogP contribution in [0.3, 0.4) is 0 Å². The van der Waals surface area contributed by atoms with Crippen LogP contribution in [0.25, 0.3) is 0 Å². The minimum absolute atomic E-state index is 0.242. The Hall–Kier alpha value is -1.42. The molecule has 0 aromatic carbocycles. The molecule has 4 nitrogen and oxygen atoms in total. The topological polar surface area (TPSA) is 65.2 Å². The predicted molar refractivity (Wildman–Crippen MR) is 83.5 cm³/mol. The summed E-state index contributed by atoms with van der Waals surface area (Å²) in [4.78, 5) is 17.2. The maximum absolute atomic E-state index is 12.8. The molecule has 0 atom stereocenters. The molecular weight excluding hydrogens is 264 g/mol. The maximum atomic E-state index is 12.8. The van der Waals surface area contributed by atoms with Gasteiger partial charge in [-0.05, 0) is 26.7 Å². The third-order valence-corrected chi connectivity index (χ3v) is 4.87. The Morgan fingerprint density at radius 1 is 1.33 bits per heavy atom. The van der Waals surface area contributed by atoms with E-state index >= 15 is 0 Å². The van der Waals surface area contributed by atoms with Gasteiger partial charge in [0.15, 0.2) is 0 Å². The molecule has 1 heterocycles. The molecule has 2 rings (SSSR count). The molecule has 4 heteroatoms. The first kappa shape index (κ1) is 16.0. The van der Waals surface area contributed by atoms with Crippen LogP contribution in [0.2, 0.25) is 0 Å². The summed E-state index contributed by atoms with van der Waals surface area (Å²) in [5.41, 5.74) is 8.40. The molecule has 21 heavy (non-hydrogen) atoms. The number of rotatable bonds is 5. The number of pyridine rings is 1. The lowest BCUT2D eigenvalue weighted by atomic mass is 9.70. The zero-order valence-electron chi connectivity index (χ0n) is 13.4. The van der Waals surface area contributed by atoms with Crippen LogP contribution in [0.5, 0.6) is 5.75 Å². The van der Waals surface area contributed by atoms with E-state index in [4.69, 9.17) is 10.5 Å². The molecule has 1 aliphatic carbocycles. The minimum atomic E-state index is -0.329. The molecular formula is C17H26N2O2. The quantitative estimate of drug-likeness (QED) is 0.905. The average molecular weight is 290 g/mol. The summed E-state index contributed by atoms with van der Waals surface area (Å²) in [5.74, 6) is 1.07. The van der Waals surface area contributed by atoms with Gasteiger partial charge in [0.25, 0.3) is 0 Å². The number of ether oxygens (including phenoxy) is 1. The normalized spacial score (nSPS) is 17.5. The molecule has 2 N–H and O–H groups in total. The van der Waals surface area contributed by atoms with Gasteiger partial charge in [-0.2, -0.15) is 0 Å². The fraction of sp³-hybridized carbons (Fsp3) is 0.647. The molecule has 0 unspecified atom stereocenters. The van der Waals surface area contributed by atoms with Crippen LogP contribution in [-0.2, 0) is 11.2 Å². The number of carbonyl (C=O) groups is 1. The van der Waals surface area contributed by atoms with E-state index in [-0.39, 0.29) is 11.2 Å². The smallest absolute Gasteiger partial charge is 0.146 e. The van der Waals surface area contributed by atoms with Crippen LogP contribution in [0, 0.1) is 19.3 Å². The van der Waals surface area contributed by atoms with E-state index in [1.54, 1.807) is 13.3 Å². The summed E-state index contributed by atoms with van der Waals surface area (Å²) in [6.07, 6.45) is 7.41. The first-order valence-electron chi connectivity index (χ1n) is 7.76. The number of hydrogen-bond acceptors (Lipinski definition) is 4. The average Bonchev–Trinajstić information content (AvgIpc) is 2.51. The van der Waals surface area contributed by atoms with Crippen LogP contribution < -0.4 is 10.5 Å². The molecule has 0 radical (unpaired) electrons. The van der Waals surface area contributed by atoms with Crippen molar-refractivity contribution in [2.75, 3.05) is 13.7 Å². The van der Waals surface area contributed by atoms with Crippen molar-refractivity contribution in [3.8, 4) is 5.75 Å². The number of aromatic nitrogens is 1. The standard InChI is InChI=1S/C17H26N2O2/c1-12-10-19-14(13(2)16(12)21-3)9-15(20)17(11-18)7-5-4-6-8-17/h10H,4-9,11,18H2,1-3H3. The molecule has 116 valence electrons. The molecule has 0 aliphatic heterocycles. The van der Waals surface area contributed by atoms with Gasteiger partial charge in [-0.15, -0.1) is 0 Å². The van der Waals surface area contributed by atoms with Gasteiger partial charge in [-0.3, -0.25) is 9.78 Å². The third-order valence-electron chi connectivity index (χ3n) is 4.87. The molecule has 1 aromatic rings. The summed E-state index contributed by atoms with van der Waals surface area (Å²) in [6, 6.07) is 0. The first-order valence-corrected chi connectivity index (χ1v) is 7.76. The Labute approximate surface area is 127 Å². The summed E-state index contributed by atoms with van der Waals surface area (Å²) in [6.45, 7) is 4.39. The van der Waals surface area contributed by atoms with Gasteiger partial charge in [0, 0.05) is 35.7 Å². The van der Waals surface area contributed by atoms with Crippen LogP contribution in [-0.4, -0.2) is 24.4 Å². The van der Waals surface area contributed by atoms with E-state index in [2.05, 4.69) is 4.98 Å². The van der Waals surface area contributed by atoms with Crippen molar-refractivity contribution in [1.82, 2.24) is 4.98 Å². The van der Waals surface area contributed by atoms with Gasteiger partial charge in [-0.1, -0.05) is 19.3 Å². The van der Waals surface area contributed by atoms with E-state index in [1.165, 1.54) is 6.42 Å². The van der Waals surface area contributed by atoms with Crippen molar-refractivity contribution in [1.29, 1.82) is 0 Å². The highest BCUT2D eigenvalue weighted by atomic mass is 16.5. The Kier molecular flexibility index (Phi) is 4.99. The Morgan fingerprint density at radius 3 is 2.57 bits per heavy atom. The molecule has 1 fully saturated rings. The van der Waals surface area contributed by atoms with Gasteiger partial charge >= 0.3 is 0 Å².